The summed E-state index contributed by atoms with van der Waals surface area (Å²) in [5, 5.41) is 13.0. The Hall–Kier alpha value is -0.120. The zero-order chi connectivity index (χ0) is 10.6. The fourth-order valence-corrected chi connectivity index (χ4v) is 2.17. The molecule has 1 saturated heterocycles. The van der Waals surface area contributed by atoms with Crippen LogP contribution in [0.5, 0.6) is 0 Å². The van der Waals surface area contributed by atoms with Crippen molar-refractivity contribution < 1.29 is 5.11 Å². The maximum absolute atomic E-state index is 9.41. The lowest BCUT2D eigenvalue weighted by Crippen LogP contribution is -2.57. The van der Waals surface area contributed by atoms with Crippen LogP contribution in [0.1, 0.15) is 33.6 Å². The third-order valence-electron chi connectivity index (χ3n) is 3.08. The van der Waals surface area contributed by atoms with Crippen LogP contribution in [0.4, 0.5) is 0 Å². The van der Waals surface area contributed by atoms with Gasteiger partial charge >= 0.3 is 0 Å². The number of hydrogen-bond donors (Lipinski definition) is 2. The Balaban J connectivity index is 2.47. The Labute approximate surface area is 87.5 Å². The number of nitrogens with one attached hydrogen (secondary N) is 1. The normalized spacial score (nSPS) is 31.7. The summed E-state index contributed by atoms with van der Waals surface area (Å²) < 4.78 is 0. The highest BCUT2D eigenvalue weighted by Gasteiger charge is 2.26. The van der Waals surface area contributed by atoms with E-state index in [4.69, 9.17) is 0 Å². The standard InChI is InChI=1S/C11H24N2O/c1-4-10-8-13(7-9(3)14)11(5-2)6-12-10/h9-12,14H,4-8H2,1-3H3. The Morgan fingerprint density at radius 1 is 1.43 bits per heavy atom. The molecule has 1 heterocycles. The lowest BCUT2D eigenvalue weighted by molar-refractivity contribution is 0.0658. The summed E-state index contributed by atoms with van der Waals surface area (Å²) in [7, 11) is 0. The van der Waals surface area contributed by atoms with Crippen LogP contribution in [0.2, 0.25) is 0 Å². The summed E-state index contributed by atoms with van der Waals surface area (Å²) >= 11 is 0. The lowest BCUT2D eigenvalue weighted by Gasteiger charge is -2.40. The minimum Gasteiger partial charge on any atom is -0.392 e. The van der Waals surface area contributed by atoms with Crippen molar-refractivity contribution in [2.75, 3.05) is 19.6 Å². The molecule has 2 N–H and O–H groups in total. The van der Waals surface area contributed by atoms with Gasteiger partial charge in [0.1, 0.15) is 0 Å². The fraction of sp³-hybridized carbons (Fsp3) is 1.00. The molecule has 0 saturated carbocycles. The first-order valence-corrected chi connectivity index (χ1v) is 5.82. The molecule has 0 bridgehead atoms. The molecule has 0 radical (unpaired) electrons. The van der Waals surface area contributed by atoms with Crippen molar-refractivity contribution in [3.63, 3.8) is 0 Å². The zero-order valence-electron chi connectivity index (χ0n) is 9.66. The molecular formula is C11H24N2O. The van der Waals surface area contributed by atoms with E-state index in [1.54, 1.807) is 0 Å². The van der Waals surface area contributed by atoms with E-state index in [1.165, 1.54) is 6.42 Å². The van der Waals surface area contributed by atoms with Crippen LogP contribution in [0.25, 0.3) is 0 Å². The van der Waals surface area contributed by atoms with Gasteiger partial charge in [0.15, 0.2) is 0 Å². The van der Waals surface area contributed by atoms with E-state index >= 15 is 0 Å². The molecule has 0 aromatic heterocycles. The number of β-amino-alcohol motifs (C(OH)–C–C–N with tert-alkyl or cyclic N) is 1. The highest BCUT2D eigenvalue weighted by Crippen LogP contribution is 2.12. The number of nitrogens with zero attached hydrogens (tertiary/aromatic N) is 1. The van der Waals surface area contributed by atoms with E-state index < -0.39 is 0 Å². The first kappa shape index (κ1) is 12.0. The van der Waals surface area contributed by atoms with Crippen molar-refractivity contribution in [1.82, 2.24) is 10.2 Å². The Morgan fingerprint density at radius 3 is 2.64 bits per heavy atom. The highest BCUT2D eigenvalue weighted by atomic mass is 16.3. The zero-order valence-corrected chi connectivity index (χ0v) is 9.66. The number of piperazine rings is 1. The molecule has 0 aromatic rings. The molecule has 0 aliphatic carbocycles. The average molecular weight is 200 g/mol. The SMILES string of the molecule is CCC1CN(CC(C)O)C(CC)CN1. The second-order valence-corrected chi connectivity index (χ2v) is 4.38. The third-order valence-corrected chi connectivity index (χ3v) is 3.08. The number of hydrogen-bond acceptors (Lipinski definition) is 3. The minimum atomic E-state index is -0.209. The van der Waals surface area contributed by atoms with Gasteiger partial charge in [-0.2, -0.15) is 0 Å². The van der Waals surface area contributed by atoms with Gasteiger partial charge in [0.05, 0.1) is 6.10 Å². The number of aliphatic hydroxyl groups is 1. The van der Waals surface area contributed by atoms with E-state index in [2.05, 4.69) is 24.1 Å². The average Bonchev–Trinajstić information content (AvgIpc) is 2.16. The smallest absolute Gasteiger partial charge is 0.0639 e. The third kappa shape index (κ3) is 3.23. The van der Waals surface area contributed by atoms with Gasteiger partial charge in [-0.15, -0.1) is 0 Å². The van der Waals surface area contributed by atoms with Gasteiger partial charge in [-0.25, -0.2) is 0 Å². The maximum atomic E-state index is 9.41. The van der Waals surface area contributed by atoms with Crippen LogP contribution in [-0.4, -0.2) is 47.8 Å². The van der Waals surface area contributed by atoms with E-state index in [-0.39, 0.29) is 6.10 Å². The quantitative estimate of drug-likeness (QED) is 0.705. The van der Waals surface area contributed by atoms with Gasteiger partial charge in [-0.1, -0.05) is 13.8 Å². The lowest BCUT2D eigenvalue weighted by atomic mass is 10.0. The largest absolute Gasteiger partial charge is 0.392 e. The molecule has 14 heavy (non-hydrogen) atoms. The van der Waals surface area contributed by atoms with Gasteiger partial charge in [-0.3, -0.25) is 4.90 Å². The Kier molecular flexibility index (Phi) is 4.85. The second kappa shape index (κ2) is 5.69. The number of aliphatic hydroxyl groups excluding tert-OH is 1. The van der Waals surface area contributed by atoms with Gasteiger partial charge in [0, 0.05) is 31.7 Å². The van der Waals surface area contributed by atoms with Gasteiger partial charge in [0.25, 0.3) is 0 Å². The van der Waals surface area contributed by atoms with Crippen LogP contribution < -0.4 is 5.32 Å². The summed E-state index contributed by atoms with van der Waals surface area (Å²) in [6.07, 6.45) is 2.13. The molecule has 3 unspecified atom stereocenters. The Morgan fingerprint density at radius 2 is 2.14 bits per heavy atom. The predicted octanol–water partition coefficient (Wildman–Crippen LogP) is 0.830. The molecular weight excluding hydrogens is 176 g/mol. The van der Waals surface area contributed by atoms with Crippen LogP contribution in [0.3, 0.4) is 0 Å². The molecule has 1 fully saturated rings. The first-order chi connectivity index (χ1) is 6.67. The molecule has 1 aliphatic rings. The van der Waals surface area contributed by atoms with Crippen molar-refractivity contribution in [2.45, 2.75) is 51.8 Å². The van der Waals surface area contributed by atoms with Gasteiger partial charge < -0.3 is 10.4 Å². The maximum Gasteiger partial charge on any atom is 0.0639 e. The number of rotatable bonds is 4. The van der Waals surface area contributed by atoms with Gasteiger partial charge in [0.2, 0.25) is 0 Å². The van der Waals surface area contributed by atoms with Crippen molar-refractivity contribution in [2.24, 2.45) is 0 Å². The van der Waals surface area contributed by atoms with Crippen molar-refractivity contribution in [3.8, 4) is 0 Å². The van der Waals surface area contributed by atoms with E-state index in [9.17, 15) is 5.11 Å². The Bertz CT molecular complexity index is 161. The molecule has 3 heteroatoms. The molecule has 0 amide bonds. The molecule has 3 nitrogen and oxygen atoms in total. The molecule has 1 aliphatic heterocycles. The fourth-order valence-electron chi connectivity index (χ4n) is 2.17. The monoisotopic (exact) mass is 200 g/mol. The van der Waals surface area contributed by atoms with Crippen molar-refractivity contribution >= 4 is 0 Å². The summed E-state index contributed by atoms with van der Waals surface area (Å²) in [6, 6.07) is 1.21. The highest BCUT2D eigenvalue weighted by molar-refractivity contribution is 4.85. The van der Waals surface area contributed by atoms with Crippen LogP contribution in [-0.2, 0) is 0 Å². The summed E-state index contributed by atoms with van der Waals surface area (Å²) in [6.45, 7) is 9.27. The minimum absolute atomic E-state index is 0.209. The summed E-state index contributed by atoms with van der Waals surface area (Å²) in [4.78, 5) is 2.43. The summed E-state index contributed by atoms with van der Waals surface area (Å²) in [5.74, 6) is 0. The van der Waals surface area contributed by atoms with Crippen LogP contribution in [0, 0.1) is 0 Å². The van der Waals surface area contributed by atoms with E-state index in [1.807, 2.05) is 6.92 Å². The van der Waals surface area contributed by atoms with Crippen molar-refractivity contribution in [3.05, 3.63) is 0 Å². The molecule has 84 valence electrons. The van der Waals surface area contributed by atoms with Crippen molar-refractivity contribution in [1.29, 1.82) is 0 Å². The molecule has 3 atom stereocenters. The predicted molar refractivity (Wildman–Crippen MR) is 59.4 cm³/mol. The molecule has 1 rings (SSSR count). The second-order valence-electron chi connectivity index (χ2n) is 4.38. The van der Waals surface area contributed by atoms with Gasteiger partial charge in [-0.05, 0) is 19.8 Å². The van der Waals surface area contributed by atoms with Crippen LogP contribution >= 0.6 is 0 Å². The summed E-state index contributed by atoms with van der Waals surface area (Å²) in [5.41, 5.74) is 0. The van der Waals surface area contributed by atoms with E-state index in [0.717, 1.165) is 26.1 Å². The van der Waals surface area contributed by atoms with Crippen LogP contribution in [0.15, 0.2) is 0 Å². The first-order valence-electron chi connectivity index (χ1n) is 5.82. The molecule has 0 spiro atoms. The molecule has 0 aromatic carbocycles. The van der Waals surface area contributed by atoms with E-state index in [0.29, 0.717) is 12.1 Å². The topological polar surface area (TPSA) is 35.5 Å².